The average molecular weight is 532 g/mol. The summed E-state index contributed by atoms with van der Waals surface area (Å²) in [6, 6.07) is 19.9. The fourth-order valence-corrected chi connectivity index (χ4v) is 4.82. The number of carbonyl (C=O) groups excluding carboxylic acids is 1. The van der Waals surface area contributed by atoms with Crippen LogP contribution in [0.4, 0.5) is 0 Å². The Balaban J connectivity index is 0.000000178. The molecule has 4 aromatic rings. The summed E-state index contributed by atoms with van der Waals surface area (Å²) in [6.07, 6.45) is 12.2. The predicted molar refractivity (Wildman–Crippen MR) is 141 cm³/mol. The number of Topliss-reactive ketones (excluding diaryl/α,β-unsaturated/α-hetero) is 1. The maximum Gasteiger partial charge on any atom is 0.170 e. The van der Waals surface area contributed by atoms with Crippen LogP contribution in [-0.4, -0.2) is 49.9 Å². The van der Waals surface area contributed by atoms with Gasteiger partial charge in [0.2, 0.25) is 0 Å². The number of likely N-dealkylation sites (tertiary alicyclic amines) is 1. The summed E-state index contributed by atoms with van der Waals surface area (Å²) in [5.41, 5.74) is 2.81. The van der Waals surface area contributed by atoms with Crippen molar-refractivity contribution in [2.75, 3.05) is 19.6 Å². The van der Waals surface area contributed by atoms with Gasteiger partial charge < -0.3 is 4.90 Å². The van der Waals surface area contributed by atoms with Crippen molar-refractivity contribution in [2.45, 2.75) is 25.7 Å². The average Bonchev–Trinajstić information content (AvgIpc) is 3.39. The van der Waals surface area contributed by atoms with Gasteiger partial charge in [-0.05, 0) is 78.3 Å². The molecule has 2 aliphatic rings. The van der Waals surface area contributed by atoms with Gasteiger partial charge in [-0.15, -0.1) is 0 Å². The summed E-state index contributed by atoms with van der Waals surface area (Å²) in [5.74, 6) is 1.29. The van der Waals surface area contributed by atoms with Gasteiger partial charge in [0.05, 0.1) is 33.8 Å². The topological polar surface area (TPSA) is 56.0 Å². The van der Waals surface area contributed by atoms with Gasteiger partial charge in [0.1, 0.15) is 0 Å². The minimum absolute atomic E-state index is 0.135. The van der Waals surface area contributed by atoms with Gasteiger partial charge in [0, 0.05) is 31.4 Å². The standard InChI is InChI=1S/C19H23N3O.C9H7BrN2/c23-19(16-5-4-10-21(13-16)12-15-8-9-15)17-11-20-22(14-17)18-6-2-1-3-7-18;10-8-6-11-12(7-8)9-4-2-1-3-5-9/h1-3,6-7,11,14-16H,4-5,8-10,12-13H2;1-7H. The zero-order chi connectivity index (χ0) is 24.0. The summed E-state index contributed by atoms with van der Waals surface area (Å²) in [5, 5.41) is 8.52. The van der Waals surface area contributed by atoms with E-state index in [4.69, 9.17) is 0 Å². The number of para-hydroxylation sites is 2. The van der Waals surface area contributed by atoms with Crippen LogP contribution >= 0.6 is 15.9 Å². The van der Waals surface area contributed by atoms with Gasteiger partial charge in [-0.1, -0.05) is 36.4 Å². The summed E-state index contributed by atoms with van der Waals surface area (Å²) in [6.45, 7) is 3.27. The summed E-state index contributed by atoms with van der Waals surface area (Å²) in [4.78, 5) is 15.3. The first-order chi connectivity index (χ1) is 17.2. The molecular formula is C28H30BrN5O. The Hall–Kier alpha value is -3.03. The van der Waals surface area contributed by atoms with E-state index in [0.29, 0.717) is 0 Å². The van der Waals surface area contributed by atoms with Gasteiger partial charge >= 0.3 is 0 Å². The molecule has 0 N–H and O–H groups in total. The van der Waals surface area contributed by atoms with Crippen molar-refractivity contribution in [2.24, 2.45) is 11.8 Å². The minimum atomic E-state index is 0.135. The molecule has 1 aliphatic heterocycles. The number of benzene rings is 2. The molecular weight excluding hydrogens is 502 g/mol. The molecule has 0 bridgehead atoms. The molecule has 35 heavy (non-hydrogen) atoms. The lowest BCUT2D eigenvalue weighted by molar-refractivity contribution is 0.0814. The monoisotopic (exact) mass is 531 g/mol. The smallest absolute Gasteiger partial charge is 0.170 e. The third-order valence-corrected chi connectivity index (χ3v) is 6.96. The zero-order valence-corrected chi connectivity index (χ0v) is 21.3. The second-order valence-corrected chi connectivity index (χ2v) is 10.3. The lowest BCUT2D eigenvalue weighted by atomic mass is 9.91. The Labute approximate surface area is 214 Å². The molecule has 1 saturated carbocycles. The van der Waals surface area contributed by atoms with Crippen LogP contribution in [-0.2, 0) is 0 Å². The zero-order valence-electron chi connectivity index (χ0n) is 19.7. The molecule has 2 aromatic carbocycles. The number of hydrogen-bond donors (Lipinski definition) is 0. The molecule has 180 valence electrons. The molecule has 1 atom stereocenters. The predicted octanol–water partition coefficient (Wildman–Crippen LogP) is 5.81. The molecule has 2 aromatic heterocycles. The Morgan fingerprint density at radius 2 is 1.49 bits per heavy atom. The Bertz CT molecular complexity index is 1230. The van der Waals surface area contributed by atoms with E-state index in [9.17, 15) is 4.79 Å². The van der Waals surface area contributed by atoms with E-state index in [0.717, 1.165) is 53.3 Å². The van der Waals surface area contributed by atoms with Crippen molar-refractivity contribution in [3.8, 4) is 11.4 Å². The summed E-state index contributed by atoms with van der Waals surface area (Å²) >= 11 is 3.35. The molecule has 1 saturated heterocycles. The van der Waals surface area contributed by atoms with E-state index in [-0.39, 0.29) is 11.7 Å². The first kappa shape index (κ1) is 23.7. The highest BCUT2D eigenvalue weighted by Gasteiger charge is 2.31. The van der Waals surface area contributed by atoms with Gasteiger partial charge in [-0.2, -0.15) is 10.2 Å². The van der Waals surface area contributed by atoms with Crippen molar-refractivity contribution in [3.63, 3.8) is 0 Å². The third kappa shape index (κ3) is 6.35. The Morgan fingerprint density at radius 1 is 0.857 bits per heavy atom. The van der Waals surface area contributed by atoms with Crippen LogP contribution in [0.2, 0.25) is 0 Å². The number of aromatic nitrogens is 4. The highest BCUT2D eigenvalue weighted by atomic mass is 79.9. The highest BCUT2D eigenvalue weighted by molar-refractivity contribution is 9.10. The molecule has 1 unspecified atom stereocenters. The number of piperidine rings is 1. The van der Waals surface area contributed by atoms with Crippen molar-refractivity contribution < 1.29 is 4.79 Å². The summed E-state index contributed by atoms with van der Waals surface area (Å²) in [7, 11) is 0. The van der Waals surface area contributed by atoms with Gasteiger partial charge in [-0.3, -0.25) is 4.79 Å². The van der Waals surface area contributed by atoms with Crippen molar-refractivity contribution in [1.29, 1.82) is 0 Å². The molecule has 6 rings (SSSR count). The van der Waals surface area contributed by atoms with E-state index in [1.807, 2.05) is 77.7 Å². The van der Waals surface area contributed by atoms with E-state index in [2.05, 4.69) is 31.0 Å². The Kier molecular flexibility index (Phi) is 7.54. The fourth-order valence-electron chi connectivity index (χ4n) is 4.53. The van der Waals surface area contributed by atoms with Crippen LogP contribution in [0.1, 0.15) is 36.0 Å². The maximum absolute atomic E-state index is 12.8. The first-order valence-corrected chi connectivity index (χ1v) is 13.1. The molecule has 0 amide bonds. The molecule has 0 radical (unpaired) electrons. The van der Waals surface area contributed by atoms with Gasteiger partial charge in [-0.25, -0.2) is 9.36 Å². The number of ketones is 1. The van der Waals surface area contributed by atoms with Crippen LogP contribution < -0.4 is 0 Å². The van der Waals surface area contributed by atoms with Crippen molar-refractivity contribution in [3.05, 3.63) is 95.5 Å². The molecule has 0 spiro atoms. The molecule has 6 nitrogen and oxygen atoms in total. The number of carbonyl (C=O) groups is 1. The fraction of sp³-hybridized carbons (Fsp3) is 0.321. The van der Waals surface area contributed by atoms with Crippen molar-refractivity contribution in [1.82, 2.24) is 24.5 Å². The third-order valence-electron chi connectivity index (χ3n) is 6.55. The van der Waals surface area contributed by atoms with E-state index < -0.39 is 0 Å². The SMILES string of the molecule is Brc1cnn(-c2ccccc2)c1.O=C(c1cnn(-c2ccccc2)c1)C1CCCN(CC2CC2)C1. The van der Waals surface area contributed by atoms with E-state index in [1.54, 1.807) is 17.1 Å². The lowest BCUT2D eigenvalue weighted by Gasteiger charge is -2.31. The second-order valence-electron chi connectivity index (χ2n) is 9.35. The van der Waals surface area contributed by atoms with Crippen LogP contribution in [0.5, 0.6) is 0 Å². The van der Waals surface area contributed by atoms with Crippen molar-refractivity contribution >= 4 is 21.7 Å². The van der Waals surface area contributed by atoms with Crippen LogP contribution in [0.3, 0.4) is 0 Å². The number of rotatable bonds is 6. The van der Waals surface area contributed by atoms with Crippen LogP contribution in [0.25, 0.3) is 11.4 Å². The van der Waals surface area contributed by atoms with Crippen LogP contribution in [0.15, 0.2) is 89.9 Å². The molecule has 7 heteroatoms. The highest BCUT2D eigenvalue weighted by Crippen LogP contribution is 2.31. The van der Waals surface area contributed by atoms with E-state index >= 15 is 0 Å². The summed E-state index contributed by atoms with van der Waals surface area (Å²) < 4.78 is 4.61. The number of hydrogen-bond acceptors (Lipinski definition) is 4. The van der Waals surface area contributed by atoms with Gasteiger partial charge in [0.25, 0.3) is 0 Å². The molecule has 3 heterocycles. The minimum Gasteiger partial charge on any atom is -0.302 e. The van der Waals surface area contributed by atoms with E-state index in [1.165, 1.54) is 19.4 Å². The molecule has 1 aliphatic carbocycles. The largest absolute Gasteiger partial charge is 0.302 e. The molecule has 2 fully saturated rings. The first-order valence-electron chi connectivity index (χ1n) is 12.3. The quantitative estimate of drug-likeness (QED) is 0.294. The number of nitrogens with zero attached hydrogens (tertiary/aromatic N) is 5. The lowest BCUT2D eigenvalue weighted by Crippen LogP contribution is -2.39. The van der Waals surface area contributed by atoms with Gasteiger partial charge in [0.15, 0.2) is 5.78 Å². The van der Waals surface area contributed by atoms with Crippen LogP contribution in [0, 0.1) is 11.8 Å². The second kappa shape index (κ2) is 11.1. The normalized spacial score (nSPS) is 18.0. The Morgan fingerprint density at radius 3 is 2.09 bits per heavy atom. The maximum atomic E-state index is 12.8. The number of halogens is 1.